The van der Waals surface area contributed by atoms with E-state index in [1.807, 2.05) is 43.0 Å². The molecule has 0 radical (unpaired) electrons. The maximum atomic E-state index is 9.09. The zero-order valence-electron chi connectivity index (χ0n) is 15.1. The van der Waals surface area contributed by atoms with E-state index in [4.69, 9.17) is 11.0 Å². The van der Waals surface area contributed by atoms with Crippen molar-refractivity contribution in [3.63, 3.8) is 0 Å². The van der Waals surface area contributed by atoms with Gasteiger partial charge in [0.05, 0.1) is 24.2 Å². The molecule has 1 aromatic carbocycles. The Kier molecular flexibility index (Phi) is 5.79. The molecule has 1 atom stereocenters. The fourth-order valence-corrected chi connectivity index (χ4v) is 4.13. The van der Waals surface area contributed by atoms with Gasteiger partial charge in [-0.3, -0.25) is 9.89 Å². The SMILES string of the molecule is CC.N#Cc1cccc(C2=CSCC(C3CC4=NCCN4C(N)=N3)=C2)c1. The Morgan fingerprint density at radius 1 is 1.35 bits per heavy atom. The van der Waals surface area contributed by atoms with E-state index in [2.05, 4.69) is 27.5 Å². The molecule has 1 unspecified atom stereocenters. The van der Waals surface area contributed by atoms with Gasteiger partial charge >= 0.3 is 0 Å². The molecule has 0 amide bonds. The molecule has 0 fully saturated rings. The number of fused-ring (bicyclic) bond motifs is 1. The number of hydrogen-bond acceptors (Lipinski definition) is 6. The van der Waals surface area contributed by atoms with Crippen LogP contribution in [0.4, 0.5) is 0 Å². The average Bonchev–Trinajstić information content (AvgIpc) is 3.19. The van der Waals surface area contributed by atoms with E-state index in [0.29, 0.717) is 11.5 Å². The normalized spacial score (nSPS) is 21.3. The first kappa shape index (κ1) is 18.3. The second-order valence-corrected chi connectivity index (χ2v) is 6.81. The summed E-state index contributed by atoms with van der Waals surface area (Å²) in [5.74, 6) is 2.55. The summed E-state index contributed by atoms with van der Waals surface area (Å²) < 4.78 is 0. The van der Waals surface area contributed by atoms with Crippen LogP contribution in [0.25, 0.3) is 5.57 Å². The van der Waals surface area contributed by atoms with Crippen LogP contribution < -0.4 is 5.73 Å². The topological polar surface area (TPSA) is 77.8 Å². The summed E-state index contributed by atoms with van der Waals surface area (Å²) in [4.78, 5) is 11.3. The molecule has 0 spiro atoms. The molecule has 5 nitrogen and oxygen atoms in total. The number of rotatable bonds is 2. The first-order valence-corrected chi connectivity index (χ1v) is 9.96. The van der Waals surface area contributed by atoms with Crippen molar-refractivity contribution in [1.29, 1.82) is 5.26 Å². The van der Waals surface area contributed by atoms with E-state index in [1.165, 1.54) is 5.57 Å². The van der Waals surface area contributed by atoms with Gasteiger partial charge in [-0.05, 0) is 34.3 Å². The fraction of sp³-hybridized carbons (Fsp3) is 0.350. The zero-order valence-corrected chi connectivity index (χ0v) is 16.0. The van der Waals surface area contributed by atoms with Crippen LogP contribution in [-0.2, 0) is 0 Å². The number of aliphatic imine (C=N–C) groups is 2. The number of benzene rings is 1. The van der Waals surface area contributed by atoms with Crippen LogP contribution in [0.3, 0.4) is 0 Å². The number of allylic oxidation sites excluding steroid dienone is 2. The highest BCUT2D eigenvalue weighted by molar-refractivity contribution is 8.02. The summed E-state index contributed by atoms with van der Waals surface area (Å²) in [6, 6.07) is 9.96. The molecule has 2 N–H and O–H groups in total. The Hall–Kier alpha value is -2.52. The van der Waals surface area contributed by atoms with Crippen molar-refractivity contribution in [2.45, 2.75) is 26.3 Å². The highest BCUT2D eigenvalue weighted by Crippen LogP contribution is 2.32. The summed E-state index contributed by atoms with van der Waals surface area (Å²) in [5, 5.41) is 11.2. The lowest BCUT2D eigenvalue weighted by molar-refractivity contribution is 0.594. The minimum absolute atomic E-state index is 0.0634. The Balaban J connectivity index is 0.000000948. The van der Waals surface area contributed by atoms with Crippen LogP contribution in [0, 0.1) is 11.3 Å². The molecule has 1 aromatic rings. The fourth-order valence-electron chi connectivity index (χ4n) is 3.19. The van der Waals surface area contributed by atoms with Gasteiger partial charge in [0.25, 0.3) is 0 Å². The molecule has 0 aromatic heterocycles. The first-order chi connectivity index (χ1) is 12.7. The highest BCUT2D eigenvalue weighted by atomic mass is 32.2. The van der Waals surface area contributed by atoms with Gasteiger partial charge < -0.3 is 5.73 Å². The Bertz CT molecular complexity index is 844. The third-order valence-electron chi connectivity index (χ3n) is 4.42. The van der Waals surface area contributed by atoms with Gasteiger partial charge in [-0.2, -0.15) is 5.26 Å². The summed E-state index contributed by atoms with van der Waals surface area (Å²) in [5.41, 5.74) is 10.2. The van der Waals surface area contributed by atoms with Crippen LogP contribution in [0.2, 0.25) is 0 Å². The van der Waals surface area contributed by atoms with Gasteiger partial charge in [-0.1, -0.05) is 32.1 Å². The number of guanidine groups is 1. The molecule has 6 heteroatoms. The van der Waals surface area contributed by atoms with Crippen LogP contribution in [-0.4, -0.2) is 41.6 Å². The lowest BCUT2D eigenvalue weighted by atomic mass is 9.97. The minimum atomic E-state index is 0.0634. The number of thioether (sulfide) groups is 1. The van der Waals surface area contributed by atoms with Crippen molar-refractivity contribution >= 4 is 29.1 Å². The van der Waals surface area contributed by atoms with Gasteiger partial charge in [0.1, 0.15) is 5.84 Å². The van der Waals surface area contributed by atoms with Gasteiger partial charge in [0, 0.05) is 18.7 Å². The standard InChI is InChI=1S/C18H17N5S.C2H6/c19-9-12-2-1-3-13(6-12)14-7-15(11-24-10-14)16-8-17-21-4-5-23(17)18(20)22-16;1-2/h1-3,6-7,10,16H,4-5,8,11H2,(H2,20,22);1-2H3. The highest BCUT2D eigenvalue weighted by Gasteiger charge is 2.30. The second kappa shape index (κ2) is 8.24. The quantitative estimate of drug-likeness (QED) is 0.871. The largest absolute Gasteiger partial charge is 0.369 e. The van der Waals surface area contributed by atoms with E-state index in [-0.39, 0.29) is 6.04 Å². The number of nitrogens with two attached hydrogens (primary N) is 1. The molecule has 0 bridgehead atoms. The lowest BCUT2D eigenvalue weighted by Crippen LogP contribution is -2.45. The molecule has 134 valence electrons. The molecular formula is C20H23N5S. The summed E-state index contributed by atoms with van der Waals surface area (Å²) in [6.45, 7) is 5.65. The van der Waals surface area contributed by atoms with Crippen molar-refractivity contribution < 1.29 is 0 Å². The molecule has 3 aliphatic rings. The van der Waals surface area contributed by atoms with Gasteiger partial charge in [-0.15, -0.1) is 11.8 Å². The van der Waals surface area contributed by atoms with Crippen LogP contribution in [0.5, 0.6) is 0 Å². The molecule has 26 heavy (non-hydrogen) atoms. The first-order valence-electron chi connectivity index (χ1n) is 8.91. The van der Waals surface area contributed by atoms with Crippen molar-refractivity contribution in [3.8, 4) is 6.07 Å². The smallest absolute Gasteiger partial charge is 0.197 e. The van der Waals surface area contributed by atoms with Crippen molar-refractivity contribution in [2.24, 2.45) is 15.7 Å². The van der Waals surface area contributed by atoms with Gasteiger partial charge in [0.15, 0.2) is 5.96 Å². The summed E-state index contributed by atoms with van der Waals surface area (Å²) in [7, 11) is 0. The molecule has 0 saturated heterocycles. The van der Waals surface area contributed by atoms with E-state index in [0.717, 1.165) is 42.2 Å². The number of amidine groups is 1. The minimum Gasteiger partial charge on any atom is -0.369 e. The third-order valence-corrected chi connectivity index (χ3v) is 5.34. The van der Waals surface area contributed by atoms with Gasteiger partial charge in [-0.25, -0.2) is 4.99 Å². The number of nitrogens with zero attached hydrogens (tertiary/aromatic N) is 4. The average molecular weight is 366 g/mol. The second-order valence-electron chi connectivity index (χ2n) is 5.95. The molecule has 3 aliphatic heterocycles. The Morgan fingerprint density at radius 3 is 3.00 bits per heavy atom. The summed E-state index contributed by atoms with van der Waals surface area (Å²) >= 11 is 1.76. The lowest BCUT2D eigenvalue weighted by Gasteiger charge is -2.30. The third kappa shape index (κ3) is 3.68. The van der Waals surface area contributed by atoms with Crippen molar-refractivity contribution in [3.05, 3.63) is 52.4 Å². The maximum Gasteiger partial charge on any atom is 0.197 e. The number of hydrogen-bond donors (Lipinski definition) is 1. The number of nitriles is 1. The summed E-state index contributed by atoms with van der Waals surface area (Å²) in [6.07, 6.45) is 3.01. The molecule has 3 heterocycles. The monoisotopic (exact) mass is 365 g/mol. The van der Waals surface area contributed by atoms with E-state index in [1.54, 1.807) is 11.8 Å². The molecule has 0 saturated carbocycles. The Labute approximate surface area is 159 Å². The molecule has 4 rings (SSSR count). The molecular weight excluding hydrogens is 342 g/mol. The Morgan fingerprint density at radius 2 is 2.19 bits per heavy atom. The maximum absolute atomic E-state index is 9.09. The van der Waals surface area contributed by atoms with Crippen LogP contribution in [0.1, 0.15) is 31.4 Å². The van der Waals surface area contributed by atoms with Crippen molar-refractivity contribution in [1.82, 2.24) is 4.90 Å². The van der Waals surface area contributed by atoms with Crippen LogP contribution in [0.15, 0.2) is 51.3 Å². The predicted octanol–water partition coefficient (Wildman–Crippen LogP) is 3.40. The van der Waals surface area contributed by atoms with E-state index in [9.17, 15) is 0 Å². The van der Waals surface area contributed by atoms with E-state index >= 15 is 0 Å². The predicted molar refractivity (Wildman–Crippen MR) is 110 cm³/mol. The van der Waals surface area contributed by atoms with E-state index < -0.39 is 0 Å². The zero-order chi connectivity index (χ0) is 18.5. The molecule has 0 aliphatic carbocycles. The van der Waals surface area contributed by atoms with Gasteiger partial charge in [0.2, 0.25) is 0 Å². The van der Waals surface area contributed by atoms with Crippen molar-refractivity contribution in [2.75, 3.05) is 18.8 Å². The van der Waals surface area contributed by atoms with Crippen LogP contribution >= 0.6 is 11.8 Å².